The second-order valence-electron chi connectivity index (χ2n) is 8.71. The fourth-order valence-electron chi connectivity index (χ4n) is 3.15. The Balaban J connectivity index is 1.92. The molecule has 0 bridgehead atoms. The summed E-state index contributed by atoms with van der Waals surface area (Å²) in [5.41, 5.74) is -0.0348. The Kier molecular flexibility index (Phi) is 8.43. The predicted molar refractivity (Wildman–Crippen MR) is 133 cm³/mol. The van der Waals surface area contributed by atoms with Crippen molar-refractivity contribution < 1.29 is 24.5 Å². The minimum absolute atomic E-state index is 0.00789. The van der Waals surface area contributed by atoms with Gasteiger partial charge in [0.2, 0.25) is 5.88 Å². The molecule has 0 unspecified atom stereocenters. The van der Waals surface area contributed by atoms with Crippen molar-refractivity contribution in [1.82, 2.24) is 15.1 Å². The minimum atomic E-state index is -1.11. The molecule has 0 saturated carbocycles. The van der Waals surface area contributed by atoms with Crippen LogP contribution in [0.1, 0.15) is 49.3 Å². The van der Waals surface area contributed by atoms with Crippen molar-refractivity contribution in [3.05, 3.63) is 75.9 Å². The largest absolute Gasteiger partial charge is 0.481 e. The molecule has 186 valence electrons. The van der Waals surface area contributed by atoms with Crippen molar-refractivity contribution in [3.63, 3.8) is 0 Å². The molecule has 3 rings (SSSR count). The van der Waals surface area contributed by atoms with Crippen molar-refractivity contribution in [2.45, 2.75) is 38.8 Å². The number of halogens is 2. The van der Waals surface area contributed by atoms with Crippen LogP contribution in [0, 0.1) is 5.92 Å². The summed E-state index contributed by atoms with van der Waals surface area (Å²) in [4.78, 5) is 24.6. The van der Waals surface area contributed by atoms with Gasteiger partial charge >= 0.3 is 5.97 Å². The number of aromatic nitrogens is 2. The normalized spacial score (nSPS) is 13.8. The van der Waals surface area contributed by atoms with Gasteiger partial charge in [-0.3, -0.25) is 9.59 Å². The Bertz CT molecular complexity index is 1200. The van der Waals surface area contributed by atoms with Crippen molar-refractivity contribution in [2.24, 2.45) is 5.92 Å². The zero-order chi connectivity index (χ0) is 25.8. The van der Waals surface area contributed by atoms with Crippen LogP contribution in [-0.4, -0.2) is 44.1 Å². The number of ether oxygens (including phenoxy) is 1. The van der Waals surface area contributed by atoms with Crippen LogP contribution in [0.2, 0.25) is 10.0 Å². The number of amides is 1. The topological polar surface area (TPSA) is 114 Å². The van der Waals surface area contributed by atoms with E-state index in [4.69, 9.17) is 27.9 Å². The number of carbonyl (C=O) groups excluding carboxylic acids is 1. The summed E-state index contributed by atoms with van der Waals surface area (Å²) in [6.45, 7) is 5.40. The number of carbonyl (C=O) groups is 2. The van der Waals surface area contributed by atoms with Gasteiger partial charge in [0.1, 0.15) is 6.61 Å². The van der Waals surface area contributed by atoms with E-state index in [2.05, 4.69) is 10.4 Å². The van der Waals surface area contributed by atoms with Gasteiger partial charge in [-0.25, -0.2) is 4.68 Å². The van der Waals surface area contributed by atoms with Gasteiger partial charge in [0.05, 0.1) is 23.8 Å². The molecular formula is C25H27Cl2N3O5. The average molecular weight is 520 g/mol. The monoisotopic (exact) mass is 519 g/mol. The molecule has 10 heteroatoms. The fraction of sp³-hybridized carbons (Fsp3) is 0.320. The first kappa shape index (κ1) is 26.5. The highest BCUT2D eigenvalue weighted by Gasteiger charge is 2.28. The lowest BCUT2D eigenvalue weighted by Crippen LogP contribution is -2.38. The first-order chi connectivity index (χ1) is 16.5. The van der Waals surface area contributed by atoms with Crippen molar-refractivity contribution >= 4 is 35.1 Å². The molecule has 0 fully saturated rings. The smallest absolute Gasteiger partial charge is 0.305 e. The molecule has 3 aromatic rings. The molecule has 1 amide bonds. The molecule has 2 aromatic carbocycles. The molecule has 0 aliphatic heterocycles. The number of hydrogen-bond acceptors (Lipinski definition) is 5. The molecule has 0 saturated heterocycles. The van der Waals surface area contributed by atoms with E-state index in [9.17, 15) is 19.8 Å². The second kappa shape index (κ2) is 11.1. The number of carboxylic acid groups (broad SMARTS) is 1. The third-order valence-corrected chi connectivity index (χ3v) is 6.25. The summed E-state index contributed by atoms with van der Waals surface area (Å²) in [6.07, 6.45) is -0.396. The van der Waals surface area contributed by atoms with Crippen LogP contribution in [0.15, 0.2) is 54.6 Å². The highest BCUT2D eigenvalue weighted by atomic mass is 35.5. The van der Waals surface area contributed by atoms with Gasteiger partial charge < -0.3 is 20.3 Å². The van der Waals surface area contributed by atoms with E-state index in [1.807, 2.05) is 32.0 Å². The first-order valence-corrected chi connectivity index (χ1v) is 11.7. The highest BCUT2D eigenvalue weighted by molar-refractivity contribution is 6.35. The third kappa shape index (κ3) is 6.75. The third-order valence-electron chi connectivity index (χ3n) is 5.69. The number of hydrogen-bond donors (Lipinski definition) is 3. The van der Waals surface area contributed by atoms with Gasteiger partial charge in [0.25, 0.3) is 5.91 Å². The van der Waals surface area contributed by atoms with E-state index in [1.165, 1.54) is 16.8 Å². The molecule has 1 aromatic heterocycles. The Labute approximate surface area is 213 Å². The Hall–Kier alpha value is -3.07. The van der Waals surface area contributed by atoms with E-state index >= 15 is 0 Å². The fourth-order valence-corrected chi connectivity index (χ4v) is 3.69. The average Bonchev–Trinajstić information content (AvgIpc) is 3.22. The molecular weight excluding hydrogens is 493 g/mol. The van der Waals surface area contributed by atoms with Crippen LogP contribution in [-0.2, 0) is 4.79 Å². The molecule has 1 heterocycles. The molecule has 0 aliphatic rings. The summed E-state index contributed by atoms with van der Waals surface area (Å²) in [6, 6.07) is 14.2. The van der Waals surface area contributed by atoms with E-state index in [-0.39, 0.29) is 29.1 Å². The predicted octanol–water partition coefficient (Wildman–Crippen LogP) is 4.91. The number of carboxylic acids is 1. The van der Waals surface area contributed by atoms with Crippen LogP contribution in [0.4, 0.5) is 0 Å². The maximum atomic E-state index is 13.1. The van der Waals surface area contributed by atoms with Crippen LogP contribution >= 0.6 is 23.2 Å². The maximum absolute atomic E-state index is 13.1. The number of nitrogens with zero attached hydrogens (tertiary/aromatic N) is 2. The Morgan fingerprint density at radius 1 is 1.14 bits per heavy atom. The summed E-state index contributed by atoms with van der Waals surface area (Å²) in [7, 11) is 0. The number of aliphatic hydroxyl groups is 1. The molecule has 0 radical (unpaired) electrons. The minimum Gasteiger partial charge on any atom is -0.481 e. The van der Waals surface area contributed by atoms with E-state index < -0.39 is 29.9 Å². The Morgan fingerprint density at radius 3 is 2.43 bits per heavy atom. The van der Waals surface area contributed by atoms with Crippen LogP contribution in [0.5, 0.6) is 5.88 Å². The highest BCUT2D eigenvalue weighted by Crippen LogP contribution is 2.29. The quantitative estimate of drug-likeness (QED) is 0.350. The van der Waals surface area contributed by atoms with Gasteiger partial charge in [-0.2, -0.15) is 5.10 Å². The van der Waals surface area contributed by atoms with Gasteiger partial charge in [0.15, 0.2) is 5.69 Å². The summed E-state index contributed by atoms with van der Waals surface area (Å²) in [5.74, 6) is -1.55. The standard InChI is InChI=1S/C25H27Cl2N3O5/c1-15(2)25(3,34)14-35-22-12-21(29-30(22)17-7-5-4-6-8-17)24(33)28-20(13-23(31)32)18-10-9-16(26)11-19(18)27/h4-12,15,20,34H,13-14H2,1-3H3,(H,28,33)(H,31,32)/t20-,25-/m0/s1. The van der Waals surface area contributed by atoms with Crippen molar-refractivity contribution in [2.75, 3.05) is 6.61 Å². The van der Waals surface area contributed by atoms with Gasteiger partial charge in [-0.15, -0.1) is 0 Å². The van der Waals surface area contributed by atoms with Crippen LogP contribution in [0.3, 0.4) is 0 Å². The molecule has 0 spiro atoms. The molecule has 2 atom stereocenters. The zero-order valence-corrected chi connectivity index (χ0v) is 21.0. The molecule has 8 nitrogen and oxygen atoms in total. The molecule has 0 aliphatic carbocycles. The van der Waals surface area contributed by atoms with E-state index in [0.717, 1.165) is 0 Å². The SMILES string of the molecule is CC(C)[C@@](C)(O)COc1cc(C(=O)N[C@@H](CC(=O)O)c2ccc(Cl)cc2Cl)nn1-c1ccccc1. The molecule has 3 N–H and O–H groups in total. The summed E-state index contributed by atoms with van der Waals surface area (Å²) >= 11 is 12.2. The number of aliphatic carboxylic acids is 1. The number of nitrogens with one attached hydrogen (secondary N) is 1. The first-order valence-electron chi connectivity index (χ1n) is 11.0. The van der Waals surface area contributed by atoms with Gasteiger partial charge in [-0.05, 0) is 42.7 Å². The zero-order valence-electron chi connectivity index (χ0n) is 19.5. The number of benzene rings is 2. The van der Waals surface area contributed by atoms with Crippen LogP contribution < -0.4 is 10.1 Å². The maximum Gasteiger partial charge on any atom is 0.305 e. The van der Waals surface area contributed by atoms with E-state index in [0.29, 0.717) is 16.3 Å². The number of rotatable bonds is 10. The van der Waals surface area contributed by atoms with Gasteiger partial charge in [-0.1, -0.05) is 61.3 Å². The van der Waals surface area contributed by atoms with E-state index in [1.54, 1.807) is 31.2 Å². The van der Waals surface area contributed by atoms with Crippen molar-refractivity contribution in [1.29, 1.82) is 0 Å². The van der Waals surface area contributed by atoms with Crippen molar-refractivity contribution in [3.8, 4) is 11.6 Å². The lowest BCUT2D eigenvalue weighted by molar-refractivity contribution is -0.137. The van der Waals surface area contributed by atoms with Gasteiger partial charge in [0, 0.05) is 16.1 Å². The van der Waals surface area contributed by atoms with Crippen LogP contribution in [0.25, 0.3) is 5.69 Å². The lowest BCUT2D eigenvalue weighted by atomic mass is 9.94. The second-order valence-corrected chi connectivity index (χ2v) is 9.55. The summed E-state index contributed by atoms with van der Waals surface area (Å²) in [5, 5.41) is 27.7. The summed E-state index contributed by atoms with van der Waals surface area (Å²) < 4.78 is 7.33. The number of para-hydroxylation sites is 1. The Morgan fingerprint density at radius 2 is 1.83 bits per heavy atom. The molecule has 35 heavy (non-hydrogen) atoms. The lowest BCUT2D eigenvalue weighted by Gasteiger charge is -2.27.